The van der Waals surface area contributed by atoms with Crippen LogP contribution in [0.15, 0.2) is 0 Å². The number of carbonyl (C=O) groups excluding carboxylic acids is 1. The van der Waals surface area contributed by atoms with E-state index in [0.29, 0.717) is 19.1 Å². The Morgan fingerprint density at radius 2 is 1.76 bits per heavy atom. The Morgan fingerprint density at radius 3 is 2.29 bits per heavy atom. The third-order valence-electron chi connectivity index (χ3n) is 5.00. The van der Waals surface area contributed by atoms with Gasteiger partial charge < -0.3 is 15.7 Å². The number of carbonyl (C=O) groups is 2. The molecule has 3 unspecified atom stereocenters. The zero-order valence-corrected chi connectivity index (χ0v) is 13.0. The van der Waals surface area contributed by atoms with Crippen LogP contribution in [-0.4, -0.2) is 64.5 Å². The second-order valence-electron chi connectivity index (χ2n) is 6.44. The van der Waals surface area contributed by atoms with Crippen LogP contribution in [0.2, 0.25) is 0 Å². The zero-order valence-electron chi connectivity index (χ0n) is 13.0. The SMILES string of the molecule is CC(N)C(C)C(=O)N1CCC(N2CCCC2C(=O)O)CC1. The summed E-state index contributed by atoms with van der Waals surface area (Å²) in [4.78, 5) is 27.6. The average Bonchev–Trinajstić information content (AvgIpc) is 2.95. The molecule has 0 aromatic carbocycles. The van der Waals surface area contributed by atoms with E-state index >= 15 is 0 Å². The average molecular weight is 297 g/mol. The Balaban J connectivity index is 1.88. The third-order valence-corrected chi connectivity index (χ3v) is 5.00. The Morgan fingerprint density at radius 1 is 1.14 bits per heavy atom. The van der Waals surface area contributed by atoms with Crippen molar-refractivity contribution in [2.45, 2.75) is 57.7 Å². The first-order valence-corrected chi connectivity index (χ1v) is 7.94. The Bertz CT molecular complexity index is 392. The molecule has 0 saturated carbocycles. The normalized spacial score (nSPS) is 27.6. The fourth-order valence-corrected chi connectivity index (χ4v) is 3.42. The third kappa shape index (κ3) is 3.55. The molecule has 0 aromatic rings. The minimum atomic E-state index is -0.711. The van der Waals surface area contributed by atoms with E-state index in [1.807, 2.05) is 18.7 Å². The van der Waals surface area contributed by atoms with Crippen molar-refractivity contribution in [2.75, 3.05) is 19.6 Å². The molecule has 6 nitrogen and oxygen atoms in total. The van der Waals surface area contributed by atoms with Gasteiger partial charge in [-0.2, -0.15) is 0 Å². The van der Waals surface area contributed by atoms with Gasteiger partial charge in [-0.1, -0.05) is 6.92 Å². The fourth-order valence-electron chi connectivity index (χ4n) is 3.42. The molecule has 21 heavy (non-hydrogen) atoms. The van der Waals surface area contributed by atoms with Crippen LogP contribution in [0, 0.1) is 5.92 Å². The predicted octanol–water partition coefficient (Wildman–Crippen LogP) is 0.510. The maximum absolute atomic E-state index is 12.3. The lowest BCUT2D eigenvalue weighted by atomic mass is 9.98. The van der Waals surface area contributed by atoms with Crippen LogP contribution in [0.25, 0.3) is 0 Å². The number of rotatable bonds is 4. The van der Waals surface area contributed by atoms with Gasteiger partial charge in [0, 0.05) is 25.2 Å². The molecule has 0 bridgehead atoms. The summed E-state index contributed by atoms with van der Waals surface area (Å²) in [5.74, 6) is -0.739. The van der Waals surface area contributed by atoms with Gasteiger partial charge in [0.25, 0.3) is 0 Å². The van der Waals surface area contributed by atoms with Crippen molar-refractivity contribution < 1.29 is 14.7 Å². The summed E-state index contributed by atoms with van der Waals surface area (Å²) >= 11 is 0. The van der Waals surface area contributed by atoms with E-state index in [1.54, 1.807) is 0 Å². The maximum atomic E-state index is 12.3. The van der Waals surface area contributed by atoms with Gasteiger partial charge in [-0.05, 0) is 39.2 Å². The summed E-state index contributed by atoms with van der Waals surface area (Å²) < 4.78 is 0. The number of piperidine rings is 1. The van der Waals surface area contributed by atoms with Gasteiger partial charge in [0.05, 0.1) is 5.92 Å². The van der Waals surface area contributed by atoms with Gasteiger partial charge in [-0.3, -0.25) is 14.5 Å². The molecule has 2 aliphatic heterocycles. The number of carboxylic acid groups (broad SMARTS) is 1. The van der Waals surface area contributed by atoms with Crippen LogP contribution in [0.5, 0.6) is 0 Å². The molecular weight excluding hydrogens is 270 g/mol. The quantitative estimate of drug-likeness (QED) is 0.789. The highest BCUT2D eigenvalue weighted by molar-refractivity contribution is 5.79. The molecule has 6 heteroatoms. The lowest BCUT2D eigenvalue weighted by Gasteiger charge is -2.39. The summed E-state index contributed by atoms with van der Waals surface area (Å²) in [5, 5.41) is 9.27. The standard InChI is InChI=1S/C15H27N3O3/c1-10(11(2)16)14(19)17-8-5-12(6-9-17)18-7-3-4-13(18)15(20)21/h10-13H,3-9,16H2,1-2H3,(H,20,21). The highest BCUT2D eigenvalue weighted by Gasteiger charge is 2.37. The van der Waals surface area contributed by atoms with Crippen LogP contribution in [-0.2, 0) is 9.59 Å². The molecule has 3 N–H and O–H groups in total. The van der Waals surface area contributed by atoms with E-state index in [-0.39, 0.29) is 23.9 Å². The van der Waals surface area contributed by atoms with E-state index < -0.39 is 5.97 Å². The Hall–Kier alpha value is -1.14. The van der Waals surface area contributed by atoms with E-state index in [0.717, 1.165) is 32.2 Å². The number of hydrogen-bond donors (Lipinski definition) is 2. The van der Waals surface area contributed by atoms with E-state index in [9.17, 15) is 14.7 Å². The van der Waals surface area contributed by atoms with E-state index in [2.05, 4.69) is 4.90 Å². The second-order valence-corrected chi connectivity index (χ2v) is 6.44. The Kier molecular flexibility index (Phi) is 5.22. The van der Waals surface area contributed by atoms with Gasteiger partial charge in [0.2, 0.25) is 5.91 Å². The smallest absolute Gasteiger partial charge is 0.320 e. The van der Waals surface area contributed by atoms with Gasteiger partial charge in [-0.15, -0.1) is 0 Å². The van der Waals surface area contributed by atoms with Gasteiger partial charge >= 0.3 is 5.97 Å². The highest BCUT2D eigenvalue weighted by Crippen LogP contribution is 2.26. The molecular formula is C15H27N3O3. The number of likely N-dealkylation sites (tertiary alicyclic amines) is 2. The van der Waals surface area contributed by atoms with Gasteiger partial charge in [0.1, 0.15) is 6.04 Å². The number of aliphatic carboxylic acids is 1. The Labute approximate surface area is 126 Å². The van der Waals surface area contributed by atoms with E-state index in [1.165, 1.54) is 0 Å². The summed E-state index contributed by atoms with van der Waals surface area (Å²) in [6.45, 7) is 6.02. The molecule has 2 rings (SSSR count). The fraction of sp³-hybridized carbons (Fsp3) is 0.867. The molecule has 1 amide bonds. The van der Waals surface area contributed by atoms with Crippen LogP contribution < -0.4 is 5.73 Å². The van der Waals surface area contributed by atoms with Gasteiger partial charge in [-0.25, -0.2) is 0 Å². The molecule has 2 fully saturated rings. The molecule has 3 atom stereocenters. The zero-order chi connectivity index (χ0) is 15.6. The minimum absolute atomic E-state index is 0.125. The number of hydrogen-bond acceptors (Lipinski definition) is 4. The van der Waals surface area contributed by atoms with Crippen molar-refractivity contribution in [1.29, 1.82) is 0 Å². The number of nitrogens with two attached hydrogens (primary N) is 1. The van der Waals surface area contributed by atoms with Crippen molar-refractivity contribution in [3.8, 4) is 0 Å². The molecule has 0 aromatic heterocycles. The predicted molar refractivity (Wildman–Crippen MR) is 79.8 cm³/mol. The summed E-state index contributed by atoms with van der Waals surface area (Å²) in [7, 11) is 0. The molecule has 2 aliphatic rings. The molecule has 0 radical (unpaired) electrons. The lowest BCUT2D eigenvalue weighted by molar-refractivity contribution is -0.144. The molecule has 120 valence electrons. The summed E-state index contributed by atoms with van der Waals surface area (Å²) in [6, 6.07) is -0.173. The van der Waals surface area contributed by atoms with Crippen molar-refractivity contribution in [3.63, 3.8) is 0 Å². The second kappa shape index (κ2) is 6.75. The first-order chi connectivity index (χ1) is 9.91. The number of carboxylic acids is 1. The maximum Gasteiger partial charge on any atom is 0.320 e. The first-order valence-electron chi connectivity index (χ1n) is 7.94. The number of amides is 1. The van der Waals surface area contributed by atoms with Crippen molar-refractivity contribution >= 4 is 11.9 Å². The first kappa shape index (κ1) is 16.2. The topological polar surface area (TPSA) is 86.9 Å². The van der Waals surface area contributed by atoms with Crippen LogP contribution in [0.3, 0.4) is 0 Å². The summed E-state index contributed by atoms with van der Waals surface area (Å²) in [5.41, 5.74) is 5.80. The monoisotopic (exact) mass is 297 g/mol. The van der Waals surface area contributed by atoms with Crippen molar-refractivity contribution in [1.82, 2.24) is 9.80 Å². The minimum Gasteiger partial charge on any atom is -0.480 e. The van der Waals surface area contributed by atoms with Crippen LogP contribution in [0.1, 0.15) is 39.5 Å². The van der Waals surface area contributed by atoms with Crippen molar-refractivity contribution in [3.05, 3.63) is 0 Å². The highest BCUT2D eigenvalue weighted by atomic mass is 16.4. The largest absolute Gasteiger partial charge is 0.480 e. The molecule has 0 spiro atoms. The lowest BCUT2D eigenvalue weighted by Crippen LogP contribution is -2.51. The molecule has 0 aliphatic carbocycles. The number of nitrogens with zero attached hydrogens (tertiary/aromatic N) is 2. The van der Waals surface area contributed by atoms with E-state index in [4.69, 9.17) is 5.73 Å². The summed E-state index contributed by atoms with van der Waals surface area (Å²) in [6.07, 6.45) is 3.43. The molecule has 2 heterocycles. The van der Waals surface area contributed by atoms with Crippen LogP contribution in [0.4, 0.5) is 0 Å². The van der Waals surface area contributed by atoms with Gasteiger partial charge in [0.15, 0.2) is 0 Å². The van der Waals surface area contributed by atoms with Crippen LogP contribution >= 0.6 is 0 Å². The van der Waals surface area contributed by atoms with Crippen molar-refractivity contribution in [2.24, 2.45) is 11.7 Å². The molecule has 2 saturated heterocycles.